The van der Waals surface area contributed by atoms with Gasteiger partial charge in [0, 0.05) is 47.2 Å². The summed E-state index contributed by atoms with van der Waals surface area (Å²) in [6, 6.07) is 17.7. The lowest BCUT2D eigenvalue weighted by atomic mass is 10.2. The van der Waals surface area contributed by atoms with E-state index in [2.05, 4.69) is 38.3 Å². The van der Waals surface area contributed by atoms with E-state index in [4.69, 9.17) is 4.98 Å². The molecule has 2 aromatic carbocycles. The fourth-order valence-electron chi connectivity index (χ4n) is 3.03. The van der Waals surface area contributed by atoms with Gasteiger partial charge in [-0.25, -0.2) is 4.98 Å². The fourth-order valence-corrected chi connectivity index (χ4v) is 4.18. The zero-order valence-corrected chi connectivity index (χ0v) is 16.5. The molecule has 2 heterocycles. The minimum absolute atomic E-state index is 0.111. The van der Waals surface area contributed by atoms with E-state index in [1.54, 1.807) is 11.3 Å². The van der Waals surface area contributed by atoms with Crippen LogP contribution < -0.4 is 4.90 Å². The highest BCUT2D eigenvalue weighted by atomic mass is 79.9. The first-order chi connectivity index (χ1) is 12.7. The summed E-state index contributed by atoms with van der Waals surface area (Å²) in [6.45, 7) is 3.07. The van der Waals surface area contributed by atoms with Crippen LogP contribution in [0.25, 0.3) is 11.3 Å². The van der Waals surface area contributed by atoms with Crippen molar-refractivity contribution in [2.24, 2.45) is 0 Å². The second-order valence-electron chi connectivity index (χ2n) is 6.17. The van der Waals surface area contributed by atoms with Gasteiger partial charge in [0.15, 0.2) is 5.13 Å². The van der Waals surface area contributed by atoms with Crippen LogP contribution in [0.2, 0.25) is 0 Å². The summed E-state index contributed by atoms with van der Waals surface area (Å²) in [4.78, 5) is 21.5. The van der Waals surface area contributed by atoms with Gasteiger partial charge in [-0.2, -0.15) is 0 Å². The van der Waals surface area contributed by atoms with Gasteiger partial charge in [-0.3, -0.25) is 4.79 Å². The third-order valence-electron chi connectivity index (χ3n) is 4.49. The van der Waals surface area contributed by atoms with E-state index in [0.717, 1.165) is 52.6 Å². The van der Waals surface area contributed by atoms with Crippen molar-refractivity contribution in [2.45, 2.75) is 0 Å². The number of rotatable bonds is 3. The standard InChI is InChI=1S/C20H18BrN3OS/c21-17-8-6-15(7-9-17)18-14-26-20(22-18)24-12-10-23(11-13-24)19(25)16-4-2-1-3-5-16/h1-9,14H,10-13H2. The molecule has 0 unspecified atom stereocenters. The molecule has 0 aliphatic carbocycles. The smallest absolute Gasteiger partial charge is 0.253 e. The number of anilines is 1. The first-order valence-corrected chi connectivity index (χ1v) is 10.2. The van der Waals surface area contributed by atoms with E-state index >= 15 is 0 Å². The van der Waals surface area contributed by atoms with E-state index in [1.807, 2.05) is 47.4 Å². The fraction of sp³-hybridized carbons (Fsp3) is 0.200. The van der Waals surface area contributed by atoms with Crippen molar-refractivity contribution in [3.05, 3.63) is 70.0 Å². The lowest BCUT2D eigenvalue weighted by Crippen LogP contribution is -2.48. The molecule has 4 nitrogen and oxygen atoms in total. The van der Waals surface area contributed by atoms with Crippen molar-refractivity contribution in [3.8, 4) is 11.3 Å². The van der Waals surface area contributed by atoms with Crippen molar-refractivity contribution in [3.63, 3.8) is 0 Å². The molecule has 1 fully saturated rings. The largest absolute Gasteiger partial charge is 0.345 e. The number of amides is 1. The van der Waals surface area contributed by atoms with Crippen LogP contribution in [-0.4, -0.2) is 42.0 Å². The number of benzene rings is 2. The lowest BCUT2D eigenvalue weighted by Gasteiger charge is -2.34. The Morgan fingerprint density at radius 3 is 2.35 bits per heavy atom. The first-order valence-electron chi connectivity index (χ1n) is 8.51. The Kier molecular flexibility index (Phi) is 5.04. The number of carbonyl (C=O) groups is 1. The highest BCUT2D eigenvalue weighted by Gasteiger charge is 2.23. The quantitative estimate of drug-likeness (QED) is 0.615. The third-order valence-corrected chi connectivity index (χ3v) is 5.92. The molecule has 0 radical (unpaired) electrons. The molecule has 0 N–H and O–H groups in total. The second-order valence-corrected chi connectivity index (χ2v) is 7.92. The van der Waals surface area contributed by atoms with Crippen LogP contribution >= 0.6 is 27.3 Å². The topological polar surface area (TPSA) is 36.4 Å². The monoisotopic (exact) mass is 427 g/mol. The Balaban J connectivity index is 1.41. The van der Waals surface area contributed by atoms with Gasteiger partial charge in [-0.05, 0) is 24.3 Å². The van der Waals surface area contributed by atoms with Crippen molar-refractivity contribution in [1.82, 2.24) is 9.88 Å². The third kappa shape index (κ3) is 3.66. The highest BCUT2D eigenvalue weighted by Crippen LogP contribution is 2.29. The number of carbonyl (C=O) groups excluding carboxylic acids is 1. The summed E-state index contributed by atoms with van der Waals surface area (Å²) < 4.78 is 1.07. The van der Waals surface area contributed by atoms with Crippen LogP contribution in [-0.2, 0) is 0 Å². The molecule has 1 amide bonds. The maximum absolute atomic E-state index is 12.6. The van der Waals surface area contributed by atoms with Gasteiger partial charge in [0.2, 0.25) is 0 Å². The number of hydrogen-bond acceptors (Lipinski definition) is 4. The Bertz CT molecular complexity index is 887. The maximum Gasteiger partial charge on any atom is 0.253 e. The van der Waals surface area contributed by atoms with Gasteiger partial charge in [0.05, 0.1) is 5.69 Å². The van der Waals surface area contributed by atoms with Crippen molar-refractivity contribution in [2.75, 3.05) is 31.1 Å². The average molecular weight is 428 g/mol. The summed E-state index contributed by atoms with van der Waals surface area (Å²) in [5.74, 6) is 0.111. The molecule has 3 aromatic rings. The number of halogens is 1. The summed E-state index contributed by atoms with van der Waals surface area (Å²) in [7, 11) is 0. The van der Waals surface area contributed by atoms with Gasteiger partial charge in [0.1, 0.15) is 0 Å². The molecular formula is C20H18BrN3OS. The lowest BCUT2D eigenvalue weighted by molar-refractivity contribution is 0.0747. The molecule has 4 rings (SSSR count). The average Bonchev–Trinajstić information content (AvgIpc) is 3.19. The molecule has 132 valence electrons. The molecule has 0 saturated carbocycles. The molecule has 0 bridgehead atoms. The summed E-state index contributed by atoms with van der Waals surface area (Å²) in [5.41, 5.74) is 2.88. The predicted octanol–water partition coefficient (Wildman–Crippen LogP) is 4.54. The Morgan fingerprint density at radius 1 is 0.962 bits per heavy atom. The molecule has 1 aliphatic rings. The summed E-state index contributed by atoms with van der Waals surface area (Å²) in [5, 5.41) is 3.12. The summed E-state index contributed by atoms with van der Waals surface area (Å²) in [6.07, 6.45) is 0. The van der Waals surface area contributed by atoms with Gasteiger partial charge in [0.25, 0.3) is 5.91 Å². The molecule has 0 atom stereocenters. The molecule has 1 aliphatic heterocycles. The van der Waals surface area contributed by atoms with Crippen molar-refractivity contribution >= 4 is 38.3 Å². The van der Waals surface area contributed by atoms with Crippen LogP contribution in [0.5, 0.6) is 0 Å². The van der Waals surface area contributed by atoms with Gasteiger partial charge < -0.3 is 9.80 Å². The minimum Gasteiger partial charge on any atom is -0.345 e. The van der Waals surface area contributed by atoms with Crippen LogP contribution in [0.4, 0.5) is 5.13 Å². The Labute approximate surface area is 165 Å². The van der Waals surface area contributed by atoms with E-state index in [1.165, 1.54) is 0 Å². The number of hydrogen-bond donors (Lipinski definition) is 0. The molecule has 0 spiro atoms. The molecule has 1 aromatic heterocycles. The number of aromatic nitrogens is 1. The Morgan fingerprint density at radius 2 is 1.65 bits per heavy atom. The first kappa shape index (κ1) is 17.2. The van der Waals surface area contributed by atoms with Crippen molar-refractivity contribution < 1.29 is 4.79 Å². The number of nitrogens with zero attached hydrogens (tertiary/aromatic N) is 3. The Hall–Kier alpha value is -2.18. The zero-order chi connectivity index (χ0) is 17.9. The second kappa shape index (κ2) is 7.60. The summed E-state index contributed by atoms with van der Waals surface area (Å²) >= 11 is 5.12. The SMILES string of the molecule is O=C(c1ccccc1)N1CCN(c2nc(-c3ccc(Br)cc3)cs2)CC1. The zero-order valence-electron chi connectivity index (χ0n) is 14.1. The van der Waals surface area contributed by atoms with Crippen LogP contribution in [0.3, 0.4) is 0 Å². The van der Waals surface area contributed by atoms with Gasteiger partial charge in [-0.1, -0.05) is 46.3 Å². The van der Waals surface area contributed by atoms with Gasteiger partial charge in [-0.15, -0.1) is 11.3 Å². The van der Waals surface area contributed by atoms with Gasteiger partial charge >= 0.3 is 0 Å². The van der Waals surface area contributed by atoms with Crippen LogP contribution in [0.1, 0.15) is 10.4 Å². The van der Waals surface area contributed by atoms with E-state index in [0.29, 0.717) is 0 Å². The minimum atomic E-state index is 0.111. The van der Waals surface area contributed by atoms with E-state index in [9.17, 15) is 4.79 Å². The predicted molar refractivity (Wildman–Crippen MR) is 110 cm³/mol. The van der Waals surface area contributed by atoms with Crippen LogP contribution in [0, 0.1) is 0 Å². The molecule has 6 heteroatoms. The van der Waals surface area contributed by atoms with E-state index < -0.39 is 0 Å². The van der Waals surface area contributed by atoms with E-state index in [-0.39, 0.29) is 5.91 Å². The molecule has 26 heavy (non-hydrogen) atoms. The molecule has 1 saturated heterocycles. The number of piperazine rings is 1. The number of thiazole rings is 1. The van der Waals surface area contributed by atoms with Crippen LogP contribution in [0.15, 0.2) is 64.5 Å². The van der Waals surface area contributed by atoms with Crippen molar-refractivity contribution in [1.29, 1.82) is 0 Å². The maximum atomic E-state index is 12.6. The molecular weight excluding hydrogens is 410 g/mol. The highest BCUT2D eigenvalue weighted by molar-refractivity contribution is 9.10. The normalized spacial score (nSPS) is 14.5.